The van der Waals surface area contributed by atoms with Gasteiger partial charge < -0.3 is 10.1 Å². The summed E-state index contributed by atoms with van der Waals surface area (Å²) in [6, 6.07) is 2.43. The van der Waals surface area contributed by atoms with Crippen LogP contribution in [0.4, 0.5) is 0 Å². The fourth-order valence-corrected chi connectivity index (χ4v) is 1.91. The number of hydrogen-bond acceptors (Lipinski definition) is 4. The van der Waals surface area contributed by atoms with Crippen molar-refractivity contribution in [2.24, 2.45) is 5.92 Å². The van der Waals surface area contributed by atoms with Gasteiger partial charge in [-0.25, -0.2) is 9.97 Å². The predicted octanol–water partition coefficient (Wildman–Crippen LogP) is 1.42. The van der Waals surface area contributed by atoms with Gasteiger partial charge in [0.25, 0.3) is 0 Å². The predicted molar refractivity (Wildman–Crippen MR) is 62.5 cm³/mol. The Bertz CT molecular complexity index is 339. The van der Waals surface area contributed by atoms with Crippen LogP contribution >= 0.6 is 0 Å². The summed E-state index contributed by atoms with van der Waals surface area (Å²) in [7, 11) is 3.65. The molecule has 0 saturated heterocycles. The molecule has 0 spiro atoms. The van der Waals surface area contributed by atoms with E-state index < -0.39 is 0 Å². The first-order chi connectivity index (χ1) is 7.81. The molecule has 1 aromatic rings. The molecule has 1 heterocycles. The topological polar surface area (TPSA) is 47.0 Å². The third-order valence-electron chi connectivity index (χ3n) is 3.09. The summed E-state index contributed by atoms with van der Waals surface area (Å²) in [6.07, 6.45) is 6.56. The van der Waals surface area contributed by atoms with E-state index in [0.29, 0.717) is 11.9 Å². The normalized spacial score (nSPS) is 17.1. The highest BCUT2D eigenvalue weighted by Gasteiger charge is 2.25. The monoisotopic (exact) mass is 221 g/mol. The first-order valence-electron chi connectivity index (χ1n) is 5.84. The van der Waals surface area contributed by atoms with E-state index in [0.717, 1.165) is 18.0 Å². The van der Waals surface area contributed by atoms with Gasteiger partial charge in [-0.15, -0.1) is 0 Å². The van der Waals surface area contributed by atoms with Crippen molar-refractivity contribution >= 4 is 0 Å². The maximum absolute atomic E-state index is 5.09. The molecule has 0 amide bonds. The number of rotatable bonds is 6. The van der Waals surface area contributed by atoms with Crippen LogP contribution in [0.2, 0.25) is 0 Å². The van der Waals surface area contributed by atoms with Crippen molar-refractivity contribution in [1.29, 1.82) is 0 Å². The van der Waals surface area contributed by atoms with Crippen LogP contribution in [-0.4, -0.2) is 30.2 Å². The maximum Gasteiger partial charge on any atom is 0.216 e. The second-order valence-electron chi connectivity index (χ2n) is 4.42. The van der Waals surface area contributed by atoms with Crippen LogP contribution < -0.4 is 10.1 Å². The van der Waals surface area contributed by atoms with Crippen molar-refractivity contribution in [3.8, 4) is 5.88 Å². The van der Waals surface area contributed by atoms with Crippen LogP contribution in [0.15, 0.2) is 12.4 Å². The second kappa shape index (κ2) is 5.25. The number of nitrogens with zero attached hydrogens (tertiary/aromatic N) is 2. The first kappa shape index (κ1) is 11.3. The van der Waals surface area contributed by atoms with Gasteiger partial charge in [0.1, 0.15) is 6.33 Å². The fourth-order valence-electron chi connectivity index (χ4n) is 1.91. The van der Waals surface area contributed by atoms with Crippen molar-refractivity contribution < 1.29 is 4.74 Å². The Morgan fingerprint density at radius 1 is 1.50 bits per heavy atom. The summed E-state index contributed by atoms with van der Waals surface area (Å²) < 4.78 is 5.09. The summed E-state index contributed by atoms with van der Waals surface area (Å²) in [5, 5.41) is 3.36. The van der Waals surface area contributed by atoms with Crippen LogP contribution in [-0.2, 0) is 6.42 Å². The van der Waals surface area contributed by atoms with Gasteiger partial charge in [0.2, 0.25) is 5.88 Å². The third-order valence-corrected chi connectivity index (χ3v) is 3.09. The van der Waals surface area contributed by atoms with Crippen LogP contribution in [0.25, 0.3) is 0 Å². The Balaban J connectivity index is 1.94. The minimum absolute atomic E-state index is 0.520. The quantitative estimate of drug-likeness (QED) is 0.789. The minimum Gasteiger partial charge on any atom is -0.481 e. The highest BCUT2D eigenvalue weighted by molar-refractivity contribution is 5.14. The van der Waals surface area contributed by atoms with Gasteiger partial charge in [0.05, 0.1) is 7.11 Å². The van der Waals surface area contributed by atoms with Crippen LogP contribution in [0.5, 0.6) is 5.88 Å². The molecule has 0 radical (unpaired) electrons. The molecule has 4 heteroatoms. The smallest absolute Gasteiger partial charge is 0.216 e. The Kier molecular flexibility index (Phi) is 3.72. The molecule has 1 aliphatic carbocycles. The molecule has 0 bridgehead atoms. The molecule has 1 unspecified atom stereocenters. The lowest BCUT2D eigenvalue weighted by molar-refractivity contribution is 0.394. The summed E-state index contributed by atoms with van der Waals surface area (Å²) in [4.78, 5) is 8.28. The molecule has 2 rings (SSSR count). The molecule has 1 saturated carbocycles. The van der Waals surface area contributed by atoms with Gasteiger partial charge in [-0.05, 0) is 19.4 Å². The summed E-state index contributed by atoms with van der Waals surface area (Å²) >= 11 is 0. The molecular weight excluding hydrogens is 202 g/mol. The average molecular weight is 221 g/mol. The van der Waals surface area contributed by atoms with E-state index in [9.17, 15) is 0 Å². The SMILES string of the molecule is CNC(Cc1cc(OC)ncn1)CC1CC1. The van der Waals surface area contributed by atoms with Crippen LogP contribution in [0.1, 0.15) is 25.0 Å². The molecule has 0 aromatic carbocycles. The zero-order chi connectivity index (χ0) is 11.4. The molecule has 1 N–H and O–H groups in total. The average Bonchev–Trinajstić information content (AvgIpc) is 3.12. The molecule has 1 aliphatic rings. The van der Waals surface area contributed by atoms with Gasteiger partial charge in [0, 0.05) is 24.2 Å². The van der Waals surface area contributed by atoms with Crippen molar-refractivity contribution in [2.45, 2.75) is 31.7 Å². The molecule has 0 aliphatic heterocycles. The van der Waals surface area contributed by atoms with Crippen LogP contribution in [0.3, 0.4) is 0 Å². The molecule has 1 atom stereocenters. The Hall–Kier alpha value is -1.16. The lowest BCUT2D eigenvalue weighted by atomic mass is 10.1. The zero-order valence-electron chi connectivity index (χ0n) is 9.94. The van der Waals surface area contributed by atoms with E-state index in [1.54, 1.807) is 13.4 Å². The van der Waals surface area contributed by atoms with E-state index in [-0.39, 0.29) is 0 Å². The van der Waals surface area contributed by atoms with Gasteiger partial charge in [-0.1, -0.05) is 12.8 Å². The highest BCUT2D eigenvalue weighted by Crippen LogP contribution is 2.33. The lowest BCUT2D eigenvalue weighted by Gasteiger charge is -2.15. The van der Waals surface area contributed by atoms with E-state index in [1.807, 2.05) is 13.1 Å². The largest absolute Gasteiger partial charge is 0.481 e. The number of aromatic nitrogens is 2. The van der Waals surface area contributed by atoms with E-state index >= 15 is 0 Å². The maximum atomic E-state index is 5.09. The summed E-state index contributed by atoms with van der Waals surface area (Å²) in [5.41, 5.74) is 1.05. The molecule has 4 nitrogen and oxygen atoms in total. The molecular formula is C12H19N3O. The van der Waals surface area contributed by atoms with E-state index in [1.165, 1.54) is 19.3 Å². The van der Waals surface area contributed by atoms with E-state index in [4.69, 9.17) is 4.74 Å². The van der Waals surface area contributed by atoms with Crippen molar-refractivity contribution in [3.63, 3.8) is 0 Å². The lowest BCUT2D eigenvalue weighted by Crippen LogP contribution is -2.28. The number of ether oxygens (including phenoxy) is 1. The summed E-state index contributed by atoms with van der Waals surface area (Å²) in [5.74, 6) is 1.58. The van der Waals surface area contributed by atoms with Crippen LogP contribution in [0, 0.1) is 5.92 Å². The van der Waals surface area contributed by atoms with Crippen molar-refractivity contribution in [2.75, 3.05) is 14.2 Å². The Morgan fingerprint density at radius 3 is 2.94 bits per heavy atom. The molecule has 88 valence electrons. The standard InChI is InChI=1S/C12H19N3O/c1-13-10(5-9-3-4-9)6-11-7-12(16-2)15-8-14-11/h7-10,13H,3-6H2,1-2H3. The molecule has 1 fully saturated rings. The van der Waals surface area contributed by atoms with Gasteiger partial charge in [-0.3, -0.25) is 0 Å². The molecule has 1 aromatic heterocycles. The minimum atomic E-state index is 0.520. The number of methoxy groups -OCH3 is 1. The van der Waals surface area contributed by atoms with Gasteiger partial charge in [0.15, 0.2) is 0 Å². The molecule has 16 heavy (non-hydrogen) atoms. The Morgan fingerprint density at radius 2 is 2.31 bits per heavy atom. The first-order valence-corrected chi connectivity index (χ1v) is 5.84. The Labute approximate surface area is 96.4 Å². The van der Waals surface area contributed by atoms with E-state index in [2.05, 4.69) is 15.3 Å². The fraction of sp³-hybridized carbons (Fsp3) is 0.667. The number of hydrogen-bond donors (Lipinski definition) is 1. The zero-order valence-corrected chi connectivity index (χ0v) is 9.94. The van der Waals surface area contributed by atoms with Crippen molar-refractivity contribution in [1.82, 2.24) is 15.3 Å². The van der Waals surface area contributed by atoms with Gasteiger partial charge in [-0.2, -0.15) is 0 Å². The highest BCUT2D eigenvalue weighted by atomic mass is 16.5. The third kappa shape index (κ3) is 3.17. The second-order valence-corrected chi connectivity index (χ2v) is 4.42. The van der Waals surface area contributed by atoms with Crippen molar-refractivity contribution in [3.05, 3.63) is 18.1 Å². The van der Waals surface area contributed by atoms with Gasteiger partial charge >= 0.3 is 0 Å². The number of likely N-dealkylation sites (N-methyl/N-ethyl adjacent to an activating group) is 1. The summed E-state index contributed by atoms with van der Waals surface area (Å²) in [6.45, 7) is 0. The number of nitrogens with one attached hydrogen (secondary N) is 1.